The van der Waals surface area contributed by atoms with Crippen molar-refractivity contribution < 1.29 is 0 Å². The number of halogens is 1. The smallest absolute Gasteiger partial charge is 0.293 e. The normalized spacial score (nSPS) is 10.9. The van der Waals surface area contributed by atoms with E-state index in [0.29, 0.717) is 5.82 Å². The lowest BCUT2D eigenvalue weighted by Crippen LogP contribution is -2.35. The lowest BCUT2D eigenvalue weighted by Gasteiger charge is -2.23. The molecule has 1 heterocycles. The maximum atomic E-state index is 12.3. The zero-order valence-electron chi connectivity index (χ0n) is 11.4. The summed E-state index contributed by atoms with van der Waals surface area (Å²) in [7, 11) is 0. The molecule has 1 aromatic heterocycles. The summed E-state index contributed by atoms with van der Waals surface area (Å²) in [5.74, 6) is 0.569. The topological polar surface area (TPSA) is 38.1 Å². The molecular formula is C13H22BrN3O. The van der Waals surface area contributed by atoms with Crippen LogP contribution in [0, 0.1) is 0 Å². The van der Waals surface area contributed by atoms with Gasteiger partial charge in [-0.25, -0.2) is 4.98 Å². The molecule has 0 N–H and O–H groups in total. The van der Waals surface area contributed by atoms with Gasteiger partial charge in [-0.3, -0.25) is 4.79 Å². The fraction of sp³-hybridized carbons (Fsp3) is 0.692. The van der Waals surface area contributed by atoms with Gasteiger partial charge in [-0.15, -0.1) is 0 Å². The molecule has 0 aliphatic rings. The summed E-state index contributed by atoms with van der Waals surface area (Å²) >= 11 is 3.43. The summed E-state index contributed by atoms with van der Waals surface area (Å²) in [6.45, 7) is 7.85. The van der Waals surface area contributed by atoms with Gasteiger partial charge in [-0.05, 0) is 20.3 Å². The highest BCUT2D eigenvalue weighted by Crippen LogP contribution is 2.08. The molecule has 18 heavy (non-hydrogen) atoms. The molecule has 0 saturated heterocycles. The van der Waals surface area contributed by atoms with Crippen molar-refractivity contribution in [2.75, 3.05) is 23.3 Å². The molecule has 0 amide bonds. The van der Waals surface area contributed by atoms with Crippen LogP contribution in [-0.2, 0) is 0 Å². The average molecular weight is 316 g/mol. The molecule has 0 aliphatic heterocycles. The van der Waals surface area contributed by atoms with E-state index in [1.807, 2.05) is 13.8 Å². The maximum absolute atomic E-state index is 12.3. The summed E-state index contributed by atoms with van der Waals surface area (Å²) in [5, 5.41) is 0.842. The SMILES string of the molecule is CCCCN(CCBr)c1nccn(C(C)C)c1=O. The number of hydrogen-bond acceptors (Lipinski definition) is 3. The van der Waals surface area contributed by atoms with Gasteiger partial charge in [0, 0.05) is 36.9 Å². The lowest BCUT2D eigenvalue weighted by molar-refractivity contribution is 0.570. The van der Waals surface area contributed by atoms with E-state index in [2.05, 4.69) is 32.7 Å². The highest BCUT2D eigenvalue weighted by molar-refractivity contribution is 9.09. The minimum Gasteiger partial charge on any atom is -0.351 e. The quantitative estimate of drug-likeness (QED) is 0.726. The molecule has 1 rings (SSSR count). The molecule has 0 atom stereocenters. The fourth-order valence-corrected chi connectivity index (χ4v) is 2.24. The first-order chi connectivity index (χ1) is 8.61. The van der Waals surface area contributed by atoms with Gasteiger partial charge in [0.25, 0.3) is 5.56 Å². The summed E-state index contributed by atoms with van der Waals surface area (Å²) in [6.07, 6.45) is 5.65. The standard InChI is InChI=1S/C13H22BrN3O/c1-4-5-8-16(9-6-14)12-13(18)17(11(2)3)10-7-15-12/h7,10-11H,4-6,8-9H2,1-3H3. The minimum absolute atomic E-state index is 0.00422. The number of nitrogens with zero attached hydrogens (tertiary/aromatic N) is 3. The first kappa shape index (κ1) is 15.2. The zero-order chi connectivity index (χ0) is 13.5. The average Bonchev–Trinajstić information content (AvgIpc) is 2.34. The molecule has 1 aromatic rings. The Morgan fingerprint density at radius 2 is 2.17 bits per heavy atom. The second kappa shape index (κ2) is 7.56. The second-order valence-electron chi connectivity index (χ2n) is 4.59. The van der Waals surface area contributed by atoms with Crippen LogP contribution < -0.4 is 10.5 Å². The summed E-state index contributed by atoms with van der Waals surface area (Å²) in [4.78, 5) is 18.7. The Kier molecular flexibility index (Phi) is 6.39. The Morgan fingerprint density at radius 1 is 1.44 bits per heavy atom. The van der Waals surface area contributed by atoms with E-state index < -0.39 is 0 Å². The van der Waals surface area contributed by atoms with Crippen molar-refractivity contribution in [1.29, 1.82) is 0 Å². The van der Waals surface area contributed by atoms with Crippen molar-refractivity contribution in [3.63, 3.8) is 0 Å². The summed E-state index contributed by atoms with van der Waals surface area (Å²) in [5.41, 5.74) is 0.00422. The van der Waals surface area contributed by atoms with Crippen LogP contribution in [0.1, 0.15) is 39.7 Å². The van der Waals surface area contributed by atoms with Crippen molar-refractivity contribution >= 4 is 21.7 Å². The lowest BCUT2D eigenvalue weighted by atomic mass is 10.3. The molecule has 102 valence electrons. The van der Waals surface area contributed by atoms with Gasteiger partial charge in [-0.1, -0.05) is 29.3 Å². The van der Waals surface area contributed by atoms with E-state index in [1.165, 1.54) is 0 Å². The third-order valence-corrected chi connectivity index (χ3v) is 3.20. The van der Waals surface area contributed by atoms with Crippen molar-refractivity contribution in [2.24, 2.45) is 0 Å². The van der Waals surface area contributed by atoms with Crippen LogP contribution in [0.25, 0.3) is 0 Å². The summed E-state index contributed by atoms with van der Waals surface area (Å²) < 4.78 is 1.73. The van der Waals surface area contributed by atoms with Crippen LogP contribution in [0.15, 0.2) is 17.2 Å². The maximum Gasteiger partial charge on any atom is 0.293 e. The van der Waals surface area contributed by atoms with Crippen molar-refractivity contribution in [3.05, 3.63) is 22.7 Å². The molecular weight excluding hydrogens is 294 g/mol. The molecule has 5 heteroatoms. The second-order valence-corrected chi connectivity index (χ2v) is 5.38. The minimum atomic E-state index is 0.00422. The molecule has 4 nitrogen and oxygen atoms in total. The van der Waals surface area contributed by atoms with Gasteiger partial charge >= 0.3 is 0 Å². The first-order valence-corrected chi connectivity index (χ1v) is 7.62. The van der Waals surface area contributed by atoms with Crippen LogP contribution in [-0.4, -0.2) is 28.0 Å². The Hall–Kier alpha value is -0.840. The zero-order valence-corrected chi connectivity index (χ0v) is 13.0. The van der Waals surface area contributed by atoms with E-state index in [1.54, 1.807) is 17.0 Å². The predicted molar refractivity (Wildman–Crippen MR) is 79.8 cm³/mol. The van der Waals surface area contributed by atoms with Crippen LogP contribution in [0.3, 0.4) is 0 Å². The third-order valence-electron chi connectivity index (χ3n) is 2.84. The van der Waals surface area contributed by atoms with Gasteiger partial charge in [0.15, 0.2) is 5.82 Å². The molecule has 0 saturated carbocycles. The van der Waals surface area contributed by atoms with Gasteiger partial charge in [0.1, 0.15) is 0 Å². The molecule has 0 fully saturated rings. The number of anilines is 1. The van der Waals surface area contributed by atoms with E-state index in [9.17, 15) is 4.79 Å². The largest absolute Gasteiger partial charge is 0.351 e. The van der Waals surface area contributed by atoms with Gasteiger partial charge in [0.05, 0.1) is 0 Å². The number of unbranched alkanes of at least 4 members (excludes halogenated alkanes) is 1. The number of alkyl halides is 1. The van der Waals surface area contributed by atoms with Crippen LogP contribution in [0.4, 0.5) is 5.82 Å². The van der Waals surface area contributed by atoms with Gasteiger partial charge in [0.2, 0.25) is 0 Å². The number of rotatable bonds is 7. The molecule has 0 aromatic carbocycles. The number of hydrogen-bond donors (Lipinski definition) is 0. The monoisotopic (exact) mass is 315 g/mol. The van der Waals surface area contributed by atoms with E-state index >= 15 is 0 Å². The Labute approximate surface area is 117 Å². The number of aromatic nitrogens is 2. The molecule has 0 aliphatic carbocycles. The van der Waals surface area contributed by atoms with E-state index in [4.69, 9.17) is 0 Å². The fourth-order valence-electron chi connectivity index (χ4n) is 1.81. The van der Waals surface area contributed by atoms with E-state index in [-0.39, 0.29) is 11.6 Å². The van der Waals surface area contributed by atoms with Gasteiger partial charge < -0.3 is 9.47 Å². The summed E-state index contributed by atoms with van der Waals surface area (Å²) in [6, 6.07) is 0.163. The molecule has 0 radical (unpaired) electrons. The Balaban J connectivity index is 3.04. The van der Waals surface area contributed by atoms with Crippen LogP contribution in [0.5, 0.6) is 0 Å². The van der Waals surface area contributed by atoms with Crippen LogP contribution >= 0.6 is 15.9 Å². The molecule has 0 spiro atoms. The molecule has 0 unspecified atom stereocenters. The van der Waals surface area contributed by atoms with Crippen molar-refractivity contribution in [1.82, 2.24) is 9.55 Å². The first-order valence-electron chi connectivity index (χ1n) is 6.49. The van der Waals surface area contributed by atoms with Gasteiger partial charge in [-0.2, -0.15) is 0 Å². The predicted octanol–water partition coefficient (Wildman–Crippen LogP) is 2.83. The van der Waals surface area contributed by atoms with Crippen molar-refractivity contribution in [2.45, 2.75) is 39.7 Å². The third kappa shape index (κ3) is 3.83. The van der Waals surface area contributed by atoms with E-state index in [0.717, 1.165) is 31.3 Å². The Morgan fingerprint density at radius 3 is 2.72 bits per heavy atom. The van der Waals surface area contributed by atoms with Crippen LogP contribution in [0.2, 0.25) is 0 Å². The Bertz CT molecular complexity index is 417. The highest BCUT2D eigenvalue weighted by atomic mass is 79.9. The van der Waals surface area contributed by atoms with Crippen molar-refractivity contribution in [3.8, 4) is 0 Å². The molecule has 0 bridgehead atoms. The highest BCUT2D eigenvalue weighted by Gasteiger charge is 2.13.